The fourth-order valence-corrected chi connectivity index (χ4v) is 3.35. The summed E-state index contributed by atoms with van der Waals surface area (Å²) in [6.45, 7) is 2.38. The summed E-state index contributed by atoms with van der Waals surface area (Å²) in [6, 6.07) is 12.4. The first-order valence-corrected chi connectivity index (χ1v) is 8.48. The van der Waals surface area contributed by atoms with E-state index in [1.54, 1.807) is 11.9 Å². The number of hydrogen-bond acceptors (Lipinski definition) is 4. The van der Waals surface area contributed by atoms with Crippen LogP contribution >= 0.6 is 0 Å². The van der Waals surface area contributed by atoms with Gasteiger partial charge >= 0.3 is 6.18 Å². The van der Waals surface area contributed by atoms with Crippen molar-refractivity contribution < 1.29 is 18.3 Å². The lowest BCUT2D eigenvalue weighted by atomic mass is 10.0. The van der Waals surface area contributed by atoms with E-state index >= 15 is 0 Å². The predicted octanol–water partition coefficient (Wildman–Crippen LogP) is 3.17. The van der Waals surface area contributed by atoms with Crippen molar-refractivity contribution in [1.82, 2.24) is 9.88 Å². The number of halogens is 3. The van der Waals surface area contributed by atoms with Crippen LogP contribution in [0.15, 0.2) is 48.7 Å². The molecule has 1 unspecified atom stereocenters. The van der Waals surface area contributed by atoms with Gasteiger partial charge in [-0.1, -0.05) is 30.3 Å². The standard InChI is InChI=1S/C19H22F3N3O/c1-24(17-8-7-16(11-23-17)19(20,21)22)13-18(26)9-10-25(14-18)12-15-5-3-2-4-6-15/h2-8,11,26H,9-10,12-14H2,1H3. The Morgan fingerprint density at radius 2 is 1.92 bits per heavy atom. The molecule has 7 heteroatoms. The average Bonchev–Trinajstić information content (AvgIpc) is 2.95. The van der Waals surface area contributed by atoms with Gasteiger partial charge in [-0.05, 0) is 24.1 Å². The summed E-state index contributed by atoms with van der Waals surface area (Å²) in [5.74, 6) is 0.410. The summed E-state index contributed by atoms with van der Waals surface area (Å²) in [7, 11) is 1.73. The van der Waals surface area contributed by atoms with Crippen molar-refractivity contribution in [2.75, 3.05) is 31.6 Å². The van der Waals surface area contributed by atoms with E-state index in [-0.39, 0.29) is 0 Å². The molecule has 1 fully saturated rings. The molecule has 1 N–H and O–H groups in total. The molecule has 0 amide bonds. The molecule has 26 heavy (non-hydrogen) atoms. The summed E-state index contributed by atoms with van der Waals surface area (Å²) in [5.41, 5.74) is -0.494. The molecule has 1 aromatic heterocycles. The van der Waals surface area contributed by atoms with Gasteiger partial charge in [0.25, 0.3) is 0 Å². The van der Waals surface area contributed by atoms with Crippen molar-refractivity contribution in [1.29, 1.82) is 0 Å². The van der Waals surface area contributed by atoms with E-state index in [1.165, 1.54) is 11.6 Å². The normalized spacial score (nSPS) is 21.1. The van der Waals surface area contributed by atoms with Crippen LogP contribution in [0.3, 0.4) is 0 Å². The fourth-order valence-electron chi connectivity index (χ4n) is 3.35. The van der Waals surface area contributed by atoms with Gasteiger partial charge in [-0.3, -0.25) is 4.90 Å². The van der Waals surface area contributed by atoms with E-state index in [1.807, 2.05) is 18.2 Å². The minimum absolute atomic E-state index is 0.316. The van der Waals surface area contributed by atoms with Crippen molar-refractivity contribution in [2.45, 2.75) is 24.7 Å². The first-order valence-electron chi connectivity index (χ1n) is 8.48. The van der Waals surface area contributed by atoms with Crippen LogP contribution in [0, 0.1) is 0 Å². The first kappa shape index (κ1) is 18.7. The highest BCUT2D eigenvalue weighted by Gasteiger charge is 2.37. The number of likely N-dealkylation sites (tertiary alicyclic amines) is 1. The number of aromatic nitrogens is 1. The second-order valence-electron chi connectivity index (χ2n) is 6.93. The van der Waals surface area contributed by atoms with Crippen molar-refractivity contribution in [3.63, 3.8) is 0 Å². The molecule has 1 aliphatic heterocycles. The van der Waals surface area contributed by atoms with Crippen LogP contribution in [0.25, 0.3) is 0 Å². The molecule has 0 bridgehead atoms. The summed E-state index contributed by atoms with van der Waals surface area (Å²) >= 11 is 0. The van der Waals surface area contributed by atoms with E-state index < -0.39 is 17.3 Å². The van der Waals surface area contributed by atoms with E-state index in [0.717, 1.165) is 25.4 Å². The Morgan fingerprint density at radius 1 is 1.19 bits per heavy atom. The Hall–Kier alpha value is -2.12. The first-order chi connectivity index (χ1) is 12.3. The quantitative estimate of drug-likeness (QED) is 0.884. The van der Waals surface area contributed by atoms with Crippen LogP contribution in [0.5, 0.6) is 0 Å². The van der Waals surface area contributed by atoms with Gasteiger partial charge in [-0.15, -0.1) is 0 Å². The van der Waals surface area contributed by atoms with E-state index in [2.05, 4.69) is 22.0 Å². The molecule has 1 atom stereocenters. The van der Waals surface area contributed by atoms with Crippen LogP contribution in [0.1, 0.15) is 17.5 Å². The molecular weight excluding hydrogens is 343 g/mol. The van der Waals surface area contributed by atoms with Crippen molar-refractivity contribution in [3.05, 3.63) is 59.8 Å². The zero-order valence-corrected chi connectivity index (χ0v) is 14.6. The Balaban J connectivity index is 1.59. The van der Waals surface area contributed by atoms with Gasteiger partial charge in [0, 0.05) is 39.4 Å². The fraction of sp³-hybridized carbons (Fsp3) is 0.421. The molecule has 140 valence electrons. The summed E-state index contributed by atoms with van der Waals surface area (Å²) < 4.78 is 37.9. The number of likely N-dealkylation sites (N-methyl/N-ethyl adjacent to an activating group) is 1. The van der Waals surface area contributed by atoms with E-state index in [0.29, 0.717) is 25.3 Å². The number of aliphatic hydroxyl groups is 1. The third-order valence-corrected chi connectivity index (χ3v) is 4.66. The Labute approximate surface area is 150 Å². The molecule has 0 aliphatic carbocycles. The number of nitrogens with zero attached hydrogens (tertiary/aromatic N) is 3. The van der Waals surface area contributed by atoms with Gasteiger partial charge in [0.2, 0.25) is 0 Å². The minimum atomic E-state index is -4.40. The van der Waals surface area contributed by atoms with Crippen molar-refractivity contribution in [3.8, 4) is 0 Å². The zero-order valence-electron chi connectivity index (χ0n) is 14.6. The van der Waals surface area contributed by atoms with Crippen molar-refractivity contribution in [2.24, 2.45) is 0 Å². The van der Waals surface area contributed by atoms with Gasteiger partial charge in [0.05, 0.1) is 11.2 Å². The van der Waals surface area contributed by atoms with Crippen molar-refractivity contribution >= 4 is 5.82 Å². The van der Waals surface area contributed by atoms with Gasteiger partial charge in [0.1, 0.15) is 5.82 Å². The van der Waals surface area contributed by atoms with Gasteiger partial charge < -0.3 is 10.0 Å². The minimum Gasteiger partial charge on any atom is -0.387 e. The molecule has 3 rings (SSSR count). The molecule has 2 heterocycles. The molecule has 0 radical (unpaired) electrons. The van der Waals surface area contributed by atoms with Crippen LogP contribution < -0.4 is 4.90 Å². The van der Waals surface area contributed by atoms with Crippen LogP contribution in [-0.4, -0.2) is 47.3 Å². The number of β-amino-alcohol motifs (C(OH)–C–C–N with tert-alkyl or cyclic N) is 1. The predicted molar refractivity (Wildman–Crippen MR) is 93.8 cm³/mol. The summed E-state index contributed by atoms with van der Waals surface area (Å²) in [4.78, 5) is 7.77. The van der Waals surface area contributed by atoms with Crippen LogP contribution in [0.2, 0.25) is 0 Å². The zero-order chi connectivity index (χ0) is 18.8. The van der Waals surface area contributed by atoms with Gasteiger partial charge in [0.15, 0.2) is 0 Å². The number of hydrogen-bond donors (Lipinski definition) is 1. The second-order valence-corrected chi connectivity index (χ2v) is 6.93. The maximum Gasteiger partial charge on any atom is 0.417 e. The van der Waals surface area contributed by atoms with Gasteiger partial charge in [-0.2, -0.15) is 13.2 Å². The highest BCUT2D eigenvalue weighted by molar-refractivity contribution is 5.39. The third-order valence-electron chi connectivity index (χ3n) is 4.66. The summed E-state index contributed by atoms with van der Waals surface area (Å²) in [6.07, 6.45) is -2.96. The summed E-state index contributed by atoms with van der Waals surface area (Å²) in [5, 5.41) is 10.9. The number of benzene rings is 1. The second kappa shape index (κ2) is 7.25. The Bertz CT molecular complexity index is 721. The maximum atomic E-state index is 12.6. The lowest BCUT2D eigenvalue weighted by molar-refractivity contribution is -0.137. The maximum absolute atomic E-state index is 12.6. The molecule has 0 saturated carbocycles. The molecular formula is C19H22F3N3O. The third kappa shape index (κ3) is 4.53. The molecule has 4 nitrogen and oxygen atoms in total. The number of pyridine rings is 1. The van der Waals surface area contributed by atoms with Crippen LogP contribution in [-0.2, 0) is 12.7 Å². The molecule has 1 aromatic carbocycles. The molecule has 1 aliphatic rings. The van der Waals surface area contributed by atoms with E-state index in [9.17, 15) is 18.3 Å². The number of anilines is 1. The average molecular weight is 365 g/mol. The Morgan fingerprint density at radius 3 is 2.54 bits per heavy atom. The lowest BCUT2D eigenvalue weighted by Crippen LogP contribution is -2.44. The largest absolute Gasteiger partial charge is 0.417 e. The SMILES string of the molecule is CN(CC1(O)CCN(Cc2ccccc2)C1)c1ccc(C(F)(F)F)cn1. The smallest absolute Gasteiger partial charge is 0.387 e. The number of rotatable bonds is 5. The Kier molecular flexibility index (Phi) is 5.20. The van der Waals surface area contributed by atoms with Gasteiger partial charge in [-0.25, -0.2) is 4.98 Å². The molecule has 0 spiro atoms. The number of alkyl halides is 3. The van der Waals surface area contributed by atoms with Crippen LogP contribution in [0.4, 0.5) is 19.0 Å². The topological polar surface area (TPSA) is 39.6 Å². The highest BCUT2D eigenvalue weighted by Crippen LogP contribution is 2.30. The highest BCUT2D eigenvalue weighted by atomic mass is 19.4. The molecule has 1 saturated heterocycles. The lowest BCUT2D eigenvalue weighted by Gasteiger charge is -2.30. The monoisotopic (exact) mass is 365 g/mol. The molecule has 2 aromatic rings. The van der Waals surface area contributed by atoms with E-state index in [4.69, 9.17) is 0 Å².